The summed E-state index contributed by atoms with van der Waals surface area (Å²) in [6.45, 7) is 6.15. The van der Waals surface area contributed by atoms with E-state index in [2.05, 4.69) is 22.9 Å². The third kappa shape index (κ3) is 3.53. The number of nitrogens with zero attached hydrogens (tertiary/aromatic N) is 5. The second kappa shape index (κ2) is 7.74. The van der Waals surface area contributed by atoms with Gasteiger partial charge in [-0.3, -0.25) is 9.69 Å². The molecule has 1 fully saturated rings. The molecule has 28 heavy (non-hydrogen) atoms. The highest BCUT2D eigenvalue weighted by molar-refractivity contribution is 7.16. The van der Waals surface area contributed by atoms with Crippen molar-refractivity contribution in [1.29, 1.82) is 5.26 Å². The topological polar surface area (TPSA) is 65.2 Å². The lowest BCUT2D eigenvalue weighted by atomic mass is 10.2. The summed E-state index contributed by atoms with van der Waals surface area (Å²) in [5.41, 5.74) is 6.51. The predicted octanol–water partition coefficient (Wildman–Crippen LogP) is 3.16. The Morgan fingerprint density at radius 1 is 1.25 bits per heavy atom. The molecule has 0 atom stereocenters. The number of carbonyl (C=O) groups excluding carboxylic acids is 1. The van der Waals surface area contributed by atoms with E-state index in [1.54, 1.807) is 11.3 Å². The first-order chi connectivity index (χ1) is 13.6. The summed E-state index contributed by atoms with van der Waals surface area (Å²) in [7, 11) is 1.93. The minimum absolute atomic E-state index is 0.0970. The Kier molecular flexibility index (Phi) is 5.16. The molecule has 1 aliphatic rings. The molecule has 6 nitrogen and oxygen atoms in total. The third-order valence-corrected chi connectivity index (χ3v) is 6.39. The number of fused-ring (bicyclic) bond motifs is 1. The van der Waals surface area contributed by atoms with Crippen LogP contribution in [0.2, 0.25) is 0 Å². The van der Waals surface area contributed by atoms with Gasteiger partial charge in [0.15, 0.2) is 0 Å². The number of aromatic nitrogens is 2. The smallest absolute Gasteiger partial charge is 0.253 e. The van der Waals surface area contributed by atoms with E-state index in [-0.39, 0.29) is 5.91 Å². The Morgan fingerprint density at radius 2 is 2.11 bits per heavy atom. The molecular weight excluding hydrogens is 370 g/mol. The average molecular weight is 394 g/mol. The molecule has 1 saturated heterocycles. The van der Waals surface area contributed by atoms with Crippen molar-refractivity contribution in [3.63, 3.8) is 0 Å². The van der Waals surface area contributed by atoms with E-state index >= 15 is 0 Å². The summed E-state index contributed by atoms with van der Waals surface area (Å²) < 4.78 is 2.99. The van der Waals surface area contributed by atoms with Crippen LogP contribution in [0.3, 0.4) is 0 Å². The van der Waals surface area contributed by atoms with E-state index in [0.717, 1.165) is 60.6 Å². The van der Waals surface area contributed by atoms with Gasteiger partial charge in [-0.25, -0.2) is 4.98 Å². The number of hydrogen-bond acceptors (Lipinski definition) is 5. The molecule has 0 N–H and O–H groups in total. The molecule has 0 spiro atoms. The monoisotopic (exact) mass is 393 g/mol. The molecule has 0 saturated carbocycles. The van der Waals surface area contributed by atoms with E-state index in [9.17, 15) is 10.1 Å². The molecule has 0 bridgehead atoms. The van der Waals surface area contributed by atoms with Crippen LogP contribution < -0.4 is 0 Å². The Labute approximate surface area is 168 Å². The van der Waals surface area contributed by atoms with E-state index < -0.39 is 0 Å². The van der Waals surface area contributed by atoms with Crippen LogP contribution in [0.1, 0.15) is 33.7 Å². The van der Waals surface area contributed by atoms with Gasteiger partial charge in [0.25, 0.3) is 5.91 Å². The summed E-state index contributed by atoms with van der Waals surface area (Å²) in [6.07, 6.45) is 0.950. The van der Waals surface area contributed by atoms with Gasteiger partial charge in [0.05, 0.1) is 15.7 Å². The Morgan fingerprint density at radius 3 is 2.89 bits per heavy atom. The van der Waals surface area contributed by atoms with E-state index in [1.807, 2.05) is 46.3 Å². The third-order valence-electron chi connectivity index (χ3n) is 5.60. The second-order valence-corrected chi connectivity index (χ2v) is 8.15. The molecule has 7 heteroatoms. The van der Waals surface area contributed by atoms with Crippen molar-refractivity contribution in [3.05, 3.63) is 52.3 Å². The van der Waals surface area contributed by atoms with Gasteiger partial charge in [0, 0.05) is 51.0 Å². The standard InChI is InChI=1S/C21H23N5OS/c1-15-17(10-18(12-22)24(15)2)13-25-6-3-7-26(9-8-25)21(27)16-4-5-19-20(11-16)28-14-23-19/h4-5,10-11,14H,3,6-9,13H2,1-2H3. The summed E-state index contributed by atoms with van der Waals surface area (Å²) >= 11 is 1.56. The van der Waals surface area contributed by atoms with Gasteiger partial charge in [0.2, 0.25) is 0 Å². The van der Waals surface area contributed by atoms with Crippen molar-refractivity contribution in [3.8, 4) is 6.07 Å². The van der Waals surface area contributed by atoms with Gasteiger partial charge in [-0.15, -0.1) is 11.3 Å². The first-order valence-corrected chi connectivity index (χ1v) is 10.3. The van der Waals surface area contributed by atoms with Crippen molar-refractivity contribution in [2.45, 2.75) is 19.9 Å². The van der Waals surface area contributed by atoms with Crippen LogP contribution in [0.4, 0.5) is 0 Å². The van der Waals surface area contributed by atoms with Crippen molar-refractivity contribution in [1.82, 2.24) is 19.4 Å². The molecule has 0 unspecified atom stereocenters. The average Bonchev–Trinajstić information content (AvgIpc) is 3.19. The van der Waals surface area contributed by atoms with Crippen LogP contribution >= 0.6 is 11.3 Å². The lowest BCUT2D eigenvalue weighted by molar-refractivity contribution is 0.0761. The van der Waals surface area contributed by atoms with Crippen LogP contribution in [0.15, 0.2) is 29.8 Å². The number of thiazole rings is 1. The van der Waals surface area contributed by atoms with Crippen molar-refractivity contribution < 1.29 is 4.79 Å². The molecule has 4 rings (SSSR count). The highest BCUT2D eigenvalue weighted by Gasteiger charge is 2.22. The molecule has 2 aromatic heterocycles. The molecule has 3 aromatic rings. The number of hydrogen-bond donors (Lipinski definition) is 0. The van der Waals surface area contributed by atoms with Gasteiger partial charge >= 0.3 is 0 Å². The van der Waals surface area contributed by atoms with Gasteiger partial charge in [-0.05, 0) is 43.2 Å². The Hall–Kier alpha value is -2.69. The lowest BCUT2D eigenvalue weighted by Gasteiger charge is -2.22. The van der Waals surface area contributed by atoms with E-state index in [4.69, 9.17) is 0 Å². The zero-order chi connectivity index (χ0) is 19.7. The first-order valence-electron chi connectivity index (χ1n) is 9.47. The summed E-state index contributed by atoms with van der Waals surface area (Å²) in [5.74, 6) is 0.0970. The fourth-order valence-corrected chi connectivity index (χ4v) is 4.49. The summed E-state index contributed by atoms with van der Waals surface area (Å²) in [6, 6.07) is 9.98. The first kappa shape index (κ1) is 18.7. The van der Waals surface area contributed by atoms with Crippen LogP contribution in [0.5, 0.6) is 0 Å². The number of nitriles is 1. The summed E-state index contributed by atoms with van der Waals surface area (Å²) in [4.78, 5) is 21.6. The maximum atomic E-state index is 13.0. The van der Waals surface area contributed by atoms with Crippen LogP contribution in [0, 0.1) is 18.3 Å². The molecular formula is C21H23N5OS. The van der Waals surface area contributed by atoms with Gasteiger partial charge < -0.3 is 9.47 Å². The van der Waals surface area contributed by atoms with E-state index in [1.165, 1.54) is 5.56 Å². The largest absolute Gasteiger partial charge is 0.340 e. The molecule has 0 radical (unpaired) electrons. The number of amides is 1. The fourth-order valence-electron chi connectivity index (χ4n) is 3.77. The molecule has 1 aliphatic heterocycles. The summed E-state index contributed by atoms with van der Waals surface area (Å²) in [5, 5.41) is 9.23. The number of benzene rings is 1. The van der Waals surface area contributed by atoms with Crippen LogP contribution in [0.25, 0.3) is 10.2 Å². The lowest BCUT2D eigenvalue weighted by Crippen LogP contribution is -2.35. The highest BCUT2D eigenvalue weighted by Crippen LogP contribution is 2.21. The van der Waals surface area contributed by atoms with E-state index in [0.29, 0.717) is 5.69 Å². The van der Waals surface area contributed by atoms with Gasteiger partial charge in [0.1, 0.15) is 11.8 Å². The second-order valence-electron chi connectivity index (χ2n) is 7.27. The molecule has 1 amide bonds. The Bertz CT molecular complexity index is 1060. The highest BCUT2D eigenvalue weighted by atomic mass is 32.1. The predicted molar refractivity (Wildman–Crippen MR) is 110 cm³/mol. The minimum Gasteiger partial charge on any atom is -0.340 e. The maximum Gasteiger partial charge on any atom is 0.253 e. The van der Waals surface area contributed by atoms with Crippen molar-refractivity contribution in [2.24, 2.45) is 7.05 Å². The fraction of sp³-hybridized carbons (Fsp3) is 0.381. The van der Waals surface area contributed by atoms with Crippen LogP contribution in [-0.2, 0) is 13.6 Å². The number of rotatable bonds is 3. The molecule has 0 aliphatic carbocycles. The normalized spacial score (nSPS) is 15.5. The quantitative estimate of drug-likeness (QED) is 0.686. The van der Waals surface area contributed by atoms with Crippen molar-refractivity contribution in [2.75, 3.05) is 26.2 Å². The zero-order valence-electron chi connectivity index (χ0n) is 16.2. The SMILES string of the molecule is Cc1c(CN2CCCN(C(=O)c3ccc4ncsc4c3)CC2)cc(C#N)n1C. The van der Waals surface area contributed by atoms with Crippen molar-refractivity contribution >= 4 is 27.5 Å². The van der Waals surface area contributed by atoms with Crippen LogP contribution in [-0.4, -0.2) is 51.4 Å². The molecule has 1 aromatic carbocycles. The number of carbonyl (C=O) groups is 1. The van der Waals surface area contributed by atoms with Gasteiger partial charge in [-0.1, -0.05) is 0 Å². The minimum atomic E-state index is 0.0970. The molecule has 3 heterocycles. The maximum absolute atomic E-state index is 13.0. The zero-order valence-corrected chi connectivity index (χ0v) is 17.0. The molecule has 144 valence electrons. The van der Waals surface area contributed by atoms with Gasteiger partial charge in [-0.2, -0.15) is 5.26 Å². The Balaban J connectivity index is 1.43.